The number of benzene rings is 2. The summed E-state index contributed by atoms with van der Waals surface area (Å²) in [6.07, 6.45) is 0. The van der Waals surface area contributed by atoms with Gasteiger partial charge in [0.2, 0.25) is 0 Å². The number of nitrogens with zero attached hydrogens (tertiary/aromatic N) is 2. The van der Waals surface area contributed by atoms with Crippen LogP contribution in [0.5, 0.6) is 5.75 Å². The molecule has 2 aromatic carbocycles. The molecule has 0 aromatic heterocycles. The minimum atomic E-state index is -0.156. The summed E-state index contributed by atoms with van der Waals surface area (Å²) in [5.41, 5.74) is 2.30. The van der Waals surface area contributed by atoms with Gasteiger partial charge in [0.15, 0.2) is 6.61 Å². The number of rotatable bonds is 8. The van der Waals surface area contributed by atoms with E-state index in [1.165, 1.54) is 0 Å². The number of likely N-dealkylation sites (N-methyl/N-ethyl adjacent to an activating group) is 1. The Balaban J connectivity index is 1.89. The largest absolute Gasteiger partial charge is 0.484 e. The van der Waals surface area contributed by atoms with Crippen molar-refractivity contribution in [1.82, 2.24) is 10.2 Å². The lowest BCUT2D eigenvalue weighted by atomic mass is 10.1. The standard InChI is InChI=1S/C20H26ClN3O2/c1-23(2)17-9-5-15(6-10-17)19(24(3)4)13-22-20(25)14-26-18-11-7-16(21)8-12-18/h5-12,19H,13-14H2,1-4H3,(H,22,25)/t19-/m1/s1. The van der Waals surface area contributed by atoms with Crippen LogP contribution in [0.3, 0.4) is 0 Å². The van der Waals surface area contributed by atoms with Crippen molar-refractivity contribution in [2.24, 2.45) is 0 Å². The van der Waals surface area contributed by atoms with Crippen LogP contribution in [0, 0.1) is 0 Å². The Hall–Kier alpha value is -2.24. The van der Waals surface area contributed by atoms with Crippen LogP contribution in [0.4, 0.5) is 5.69 Å². The number of hydrogen-bond acceptors (Lipinski definition) is 4. The van der Waals surface area contributed by atoms with Crippen LogP contribution in [0.25, 0.3) is 0 Å². The summed E-state index contributed by atoms with van der Waals surface area (Å²) in [4.78, 5) is 16.2. The highest BCUT2D eigenvalue weighted by atomic mass is 35.5. The van der Waals surface area contributed by atoms with Gasteiger partial charge in [0.1, 0.15) is 5.75 Å². The Morgan fingerprint density at radius 1 is 1.04 bits per heavy atom. The topological polar surface area (TPSA) is 44.8 Å². The number of hydrogen-bond donors (Lipinski definition) is 1. The van der Waals surface area contributed by atoms with Crippen LogP contribution in [0.1, 0.15) is 11.6 Å². The molecule has 140 valence electrons. The highest BCUT2D eigenvalue weighted by Crippen LogP contribution is 2.21. The molecule has 0 spiro atoms. The van der Waals surface area contributed by atoms with E-state index in [4.69, 9.17) is 16.3 Å². The number of amides is 1. The van der Waals surface area contributed by atoms with Crippen LogP contribution in [-0.2, 0) is 4.79 Å². The zero-order valence-corrected chi connectivity index (χ0v) is 16.5. The molecule has 0 aliphatic rings. The van der Waals surface area contributed by atoms with Crippen molar-refractivity contribution in [3.05, 3.63) is 59.1 Å². The van der Waals surface area contributed by atoms with Crippen LogP contribution in [-0.4, -0.2) is 52.1 Å². The molecule has 6 heteroatoms. The maximum absolute atomic E-state index is 12.1. The highest BCUT2D eigenvalue weighted by molar-refractivity contribution is 6.30. The van der Waals surface area contributed by atoms with E-state index < -0.39 is 0 Å². The average molecular weight is 376 g/mol. The number of carbonyl (C=O) groups is 1. The molecule has 0 aliphatic carbocycles. The van der Waals surface area contributed by atoms with Gasteiger partial charge < -0.3 is 19.9 Å². The summed E-state index contributed by atoms with van der Waals surface area (Å²) in [6, 6.07) is 15.4. The second kappa shape index (κ2) is 9.46. The summed E-state index contributed by atoms with van der Waals surface area (Å²) in [6.45, 7) is 0.485. The van der Waals surface area contributed by atoms with Gasteiger partial charge in [-0.3, -0.25) is 4.79 Å². The Kier molecular flexibility index (Phi) is 7.30. The predicted octanol–water partition coefficient (Wildman–Crippen LogP) is 3.20. The molecule has 0 saturated carbocycles. The van der Waals surface area contributed by atoms with Gasteiger partial charge in [0, 0.05) is 31.4 Å². The monoisotopic (exact) mass is 375 g/mol. The molecule has 0 saturated heterocycles. The van der Waals surface area contributed by atoms with Crippen molar-refractivity contribution in [2.45, 2.75) is 6.04 Å². The first-order valence-electron chi connectivity index (χ1n) is 8.45. The molecule has 2 rings (SSSR count). The van der Waals surface area contributed by atoms with Crippen molar-refractivity contribution in [3.63, 3.8) is 0 Å². The average Bonchev–Trinajstić information content (AvgIpc) is 2.61. The third-order valence-corrected chi connectivity index (χ3v) is 4.35. The molecule has 2 aromatic rings. The zero-order valence-electron chi connectivity index (χ0n) is 15.7. The van der Waals surface area contributed by atoms with Gasteiger partial charge in [-0.25, -0.2) is 0 Å². The van der Waals surface area contributed by atoms with Crippen LogP contribution in [0.15, 0.2) is 48.5 Å². The molecular weight excluding hydrogens is 350 g/mol. The lowest BCUT2D eigenvalue weighted by Gasteiger charge is -2.25. The Morgan fingerprint density at radius 3 is 2.19 bits per heavy atom. The quantitative estimate of drug-likeness (QED) is 0.769. The first kappa shape index (κ1) is 20.1. The molecule has 1 amide bonds. The molecule has 0 fully saturated rings. The summed E-state index contributed by atoms with van der Waals surface area (Å²) in [5, 5.41) is 3.57. The smallest absolute Gasteiger partial charge is 0.258 e. The van der Waals surface area contributed by atoms with Gasteiger partial charge in [-0.2, -0.15) is 0 Å². The number of ether oxygens (including phenoxy) is 1. The van der Waals surface area contributed by atoms with Crippen molar-refractivity contribution in [3.8, 4) is 5.75 Å². The lowest BCUT2D eigenvalue weighted by molar-refractivity contribution is -0.123. The maximum Gasteiger partial charge on any atom is 0.258 e. The molecule has 5 nitrogen and oxygen atoms in total. The van der Waals surface area contributed by atoms with Crippen LogP contribution < -0.4 is 15.0 Å². The van der Waals surface area contributed by atoms with Gasteiger partial charge in [-0.1, -0.05) is 23.7 Å². The second-order valence-electron chi connectivity index (χ2n) is 6.51. The van der Waals surface area contributed by atoms with Gasteiger partial charge in [-0.15, -0.1) is 0 Å². The first-order valence-corrected chi connectivity index (χ1v) is 8.83. The minimum absolute atomic E-state index is 0.0264. The molecule has 1 N–H and O–H groups in total. The van der Waals surface area contributed by atoms with E-state index in [0.717, 1.165) is 11.3 Å². The molecule has 0 bridgehead atoms. The van der Waals surface area contributed by atoms with Gasteiger partial charge in [0.25, 0.3) is 5.91 Å². The molecule has 1 atom stereocenters. The normalized spacial score (nSPS) is 11.9. The third-order valence-electron chi connectivity index (χ3n) is 4.09. The Labute approximate surface area is 160 Å². The van der Waals surface area contributed by atoms with E-state index >= 15 is 0 Å². The van der Waals surface area contributed by atoms with Crippen LogP contribution >= 0.6 is 11.6 Å². The molecular formula is C20H26ClN3O2. The van der Waals surface area contributed by atoms with Gasteiger partial charge >= 0.3 is 0 Å². The fraction of sp³-hybridized carbons (Fsp3) is 0.350. The van der Waals surface area contributed by atoms with E-state index in [9.17, 15) is 4.79 Å². The van der Waals surface area contributed by atoms with E-state index in [0.29, 0.717) is 17.3 Å². The summed E-state index contributed by atoms with van der Waals surface area (Å²) in [7, 11) is 8.03. The highest BCUT2D eigenvalue weighted by Gasteiger charge is 2.15. The number of halogens is 1. The fourth-order valence-electron chi connectivity index (χ4n) is 2.53. The van der Waals surface area contributed by atoms with E-state index in [2.05, 4.69) is 39.4 Å². The molecule has 0 heterocycles. The Morgan fingerprint density at radius 2 is 1.65 bits per heavy atom. The SMILES string of the molecule is CN(C)c1ccc([C@@H](CNC(=O)COc2ccc(Cl)cc2)N(C)C)cc1. The summed E-state index contributed by atoms with van der Waals surface area (Å²) >= 11 is 5.83. The molecule has 0 radical (unpaired) electrons. The number of anilines is 1. The van der Waals surface area contributed by atoms with Crippen molar-refractivity contribution < 1.29 is 9.53 Å². The van der Waals surface area contributed by atoms with Crippen molar-refractivity contribution in [2.75, 3.05) is 46.2 Å². The van der Waals surface area contributed by atoms with Crippen LogP contribution in [0.2, 0.25) is 5.02 Å². The first-order chi connectivity index (χ1) is 12.4. The molecule has 0 aliphatic heterocycles. The maximum atomic E-state index is 12.1. The Bertz CT molecular complexity index is 700. The van der Waals surface area contributed by atoms with E-state index in [1.54, 1.807) is 24.3 Å². The van der Waals surface area contributed by atoms with E-state index in [-0.39, 0.29) is 18.6 Å². The van der Waals surface area contributed by atoms with Gasteiger partial charge in [-0.05, 0) is 56.1 Å². The second-order valence-corrected chi connectivity index (χ2v) is 6.95. The van der Waals surface area contributed by atoms with Gasteiger partial charge in [0.05, 0.1) is 6.04 Å². The molecule has 0 unspecified atom stereocenters. The van der Waals surface area contributed by atoms with Crippen molar-refractivity contribution in [1.29, 1.82) is 0 Å². The minimum Gasteiger partial charge on any atom is -0.484 e. The summed E-state index contributed by atoms with van der Waals surface area (Å²) in [5.74, 6) is 0.463. The lowest BCUT2D eigenvalue weighted by Crippen LogP contribution is -2.36. The number of nitrogens with one attached hydrogen (secondary N) is 1. The third kappa shape index (κ3) is 5.93. The number of carbonyl (C=O) groups excluding carboxylic acids is 1. The molecule has 26 heavy (non-hydrogen) atoms. The fourth-order valence-corrected chi connectivity index (χ4v) is 2.66. The predicted molar refractivity (Wildman–Crippen MR) is 107 cm³/mol. The van der Waals surface area contributed by atoms with E-state index in [1.807, 2.05) is 28.2 Å². The summed E-state index contributed by atoms with van der Waals surface area (Å²) < 4.78 is 5.47. The van der Waals surface area contributed by atoms with Crippen molar-refractivity contribution >= 4 is 23.2 Å². The zero-order chi connectivity index (χ0) is 19.1.